The zero-order chi connectivity index (χ0) is 14.7. The van der Waals surface area contributed by atoms with Gasteiger partial charge in [0.1, 0.15) is 0 Å². The molecule has 2 heterocycles. The van der Waals surface area contributed by atoms with Gasteiger partial charge in [-0.2, -0.15) is 4.98 Å². The number of nitrogens with one attached hydrogen (secondary N) is 1. The molecule has 1 fully saturated rings. The number of hydrogen-bond donors (Lipinski definition) is 1. The average Bonchev–Trinajstić information content (AvgIpc) is 2.99. The Bertz CT molecular complexity index is 582. The van der Waals surface area contributed by atoms with Crippen LogP contribution in [0.4, 0.5) is 0 Å². The van der Waals surface area contributed by atoms with Crippen LogP contribution in [0.3, 0.4) is 0 Å². The van der Waals surface area contributed by atoms with Crippen LogP contribution in [0.2, 0.25) is 0 Å². The molecule has 1 aromatic heterocycles. The normalized spacial score (nSPS) is 22.4. The van der Waals surface area contributed by atoms with Crippen LogP contribution in [0.5, 0.6) is 0 Å². The highest BCUT2D eigenvalue weighted by Crippen LogP contribution is 2.33. The van der Waals surface area contributed by atoms with E-state index < -0.39 is 0 Å². The summed E-state index contributed by atoms with van der Waals surface area (Å²) in [5, 5.41) is 7.65. The van der Waals surface area contributed by atoms with Crippen molar-refractivity contribution in [3.05, 3.63) is 47.1 Å². The second-order valence-corrected chi connectivity index (χ2v) is 6.09. The standard InChI is InChI=1S/C17H23N3O/c1-3-17(9-4-10-18-12-17)16-19-15(20-21-16)11-14-7-5-13(2)6-8-14/h5-8,18H,3-4,9-12H2,1-2H3. The Labute approximate surface area is 126 Å². The van der Waals surface area contributed by atoms with E-state index in [0.717, 1.165) is 44.1 Å². The molecule has 1 aliphatic heterocycles. The van der Waals surface area contributed by atoms with Gasteiger partial charge in [0, 0.05) is 13.0 Å². The van der Waals surface area contributed by atoms with E-state index in [9.17, 15) is 0 Å². The van der Waals surface area contributed by atoms with Gasteiger partial charge in [-0.3, -0.25) is 0 Å². The molecular weight excluding hydrogens is 262 g/mol. The summed E-state index contributed by atoms with van der Waals surface area (Å²) in [6, 6.07) is 8.50. The van der Waals surface area contributed by atoms with E-state index in [4.69, 9.17) is 4.52 Å². The highest BCUT2D eigenvalue weighted by Gasteiger charge is 2.37. The van der Waals surface area contributed by atoms with Crippen molar-refractivity contribution in [2.75, 3.05) is 13.1 Å². The molecular formula is C17H23N3O. The van der Waals surface area contributed by atoms with Crippen LogP contribution >= 0.6 is 0 Å². The van der Waals surface area contributed by atoms with Gasteiger partial charge in [0.25, 0.3) is 0 Å². The predicted octanol–water partition coefficient (Wildman–Crippen LogP) is 3.00. The van der Waals surface area contributed by atoms with Gasteiger partial charge in [-0.05, 0) is 38.3 Å². The van der Waals surface area contributed by atoms with Gasteiger partial charge in [-0.1, -0.05) is 41.9 Å². The van der Waals surface area contributed by atoms with Crippen LogP contribution in [0.1, 0.15) is 49.0 Å². The van der Waals surface area contributed by atoms with E-state index in [2.05, 4.69) is 53.6 Å². The Morgan fingerprint density at radius 2 is 2.10 bits per heavy atom. The van der Waals surface area contributed by atoms with Gasteiger partial charge in [-0.15, -0.1) is 0 Å². The molecule has 1 aliphatic rings. The molecule has 112 valence electrons. The fourth-order valence-electron chi connectivity index (χ4n) is 3.03. The monoisotopic (exact) mass is 285 g/mol. The van der Waals surface area contributed by atoms with Gasteiger partial charge in [-0.25, -0.2) is 0 Å². The molecule has 1 atom stereocenters. The average molecular weight is 285 g/mol. The molecule has 2 aromatic rings. The second-order valence-electron chi connectivity index (χ2n) is 6.09. The van der Waals surface area contributed by atoms with Crippen molar-refractivity contribution in [2.24, 2.45) is 0 Å². The van der Waals surface area contributed by atoms with E-state index in [1.807, 2.05) is 0 Å². The SMILES string of the molecule is CCC1(c2nc(Cc3ccc(C)cc3)no2)CCCNC1. The van der Waals surface area contributed by atoms with Crippen molar-refractivity contribution in [3.8, 4) is 0 Å². The molecule has 0 amide bonds. The molecule has 4 heteroatoms. The maximum absolute atomic E-state index is 5.59. The molecule has 4 nitrogen and oxygen atoms in total. The first-order valence-corrected chi connectivity index (χ1v) is 7.81. The molecule has 1 aromatic carbocycles. The Morgan fingerprint density at radius 3 is 2.76 bits per heavy atom. The summed E-state index contributed by atoms with van der Waals surface area (Å²) in [5.41, 5.74) is 2.52. The topological polar surface area (TPSA) is 51.0 Å². The number of rotatable bonds is 4. The summed E-state index contributed by atoms with van der Waals surface area (Å²) >= 11 is 0. The summed E-state index contributed by atoms with van der Waals surface area (Å²) in [4.78, 5) is 4.68. The fraction of sp³-hybridized carbons (Fsp3) is 0.529. The first-order chi connectivity index (χ1) is 10.2. The molecule has 1 N–H and O–H groups in total. The first-order valence-electron chi connectivity index (χ1n) is 7.81. The highest BCUT2D eigenvalue weighted by molar-refractivity contribution is 5.24. The van der Waals surface area contributed by atoms with Crippen LogP contribution in [0, 0.1) is 6.92 Å². The molecule has 1 unspecified atom stereocenters. The number of benzene rings is 1. The Kier molecular flexibility index (Phi) is 4.06. The molecule has 0 saturated carbocycles. The summed E-state index contributed by atoms with van der Waals surface area (Å²) in [6.45, 7) is 6.33. The number of hydrogen-bond acceptors (Lipinski definition) is 4. The Morgan fingerprint density at radius 1 is 1.29 bits per heavy atom. The van der Waals surface area contributed by atoms with Crippen molar-refractivity contribution in [1.29, 1.82) is 0 Å². The summed E-state index contributed by atoms with van der Waals surface area (Å²) < 4.78 is 5.59. The molecule has 0 bridgehead atoms. The molecule has 0 radical (unpaired) electrons. The van der Waals surface area contributed by atoms with Gasteiger partial charge in [0.15, 0.2) is 5.82 Å². The third-order valence-electron chi connectivity index (χ3n) is 4.55. The number of nitrogens with zero attached hydrogens (tertiary/aromatic N) is 2. The van der Waals surface area contributed by atoms with E-state index in [1.54, 1.807) is 0 Å². The number of aryl methyl sites for hydroxylation is 1. The van der Waals surface area contributed by atoms with E-state index in [-0.39, 0.29) is 5.41 Å². The van der Waals surface area contributed by atoms with Gasteiger partial charge in [0.05, 0.1) is 5.41 Å². The van der Waals surface area contributed by atoms with Crippen molar-refractivity contribution >= 4 is 0 Å². The van der Waals surface area contributed by atoms with Crippen molar-refractivity contribution in [2.45, 2.75) is 44.9 Å². The second kappa shape index (κ2) is 5.98. The summed E-state index contributed by atoms with van der Waals surface area (Å²) in [6.07, 6.45) is 4.06. The largest absolute Gasteiger partial charge is 0.339 e. The molecule has 21 heavy (non-hydrogen) atoms. The zero-order valence-electron chi connectivity index (χ0n) is 12.9. The third-order valence-corrected chi connectivity index (χ3v) is 4.55. The van der Waals surface area contributed by atoms with Crippen molar-refractivity contribution in [1.82, 2.24) is 15.5 Å². The molecule has 0 aliphatic carbocycles. The van der Waals surface area contributed by atoms with Crippen LogP contribution in [-0.4, -0.2) is 23.2 Å². The van der Waals surface area contributed by atoms with Crippen LogP contribution < -0.4 is 5.32 Å². The van der Waals surface area contributed by atoms with Crippen LogP contribution in [-0.2, 0) is 11.8 Å². The third kappa shape index (κ3) is 3.00. The zero-order valence-corrected chi connectivity index (χ0v) is 12.9. The van der Waals surface area contributed by atoms with E-state index in [0.29, 0.717) is 0 Å². The highest BCUT2D eigenvalue weighted by atomic mass is 16.5. The maximum Gasteiger partial charge on any atom is 0.234 e. The first kappa shape index (κ1) is 14.3. The summed E-state index contributed by atoms with van der Waals surface area (Å²) in [5.74, 6) is 1.59. The number of aromatic nitrogens is 2. The van der Waals surface area contributed by atoms with Gasteiger partial charge < -0.3 is 9.84 Å². The number of piperidine rings is 1. The predicted molar refractivity (Wildman–Crippen MR) is 82.4 cm³/mol. The molecule has 1 saturated heterocycles. The molecule has 0 spiro atoms. The fourth-order valence-corrected chi connectivity index (χ4v) is 3.03. The van der Waals surface area contributed by atoms with Crippen molar-refractivity contribution < 1.29 is 4.52 Å². The lowest BCUT2D eigenvalue weighted by molar-refractivity contribution is 0.220. The Balaban J connectivity index is 1.77. The lowest BCUT2D eigenvalue weighted by Crippen LogP contribution is -2.43. The molecule has 3 rings (SSSR count). The van der Waals surface area contributed by atoms with Crippen LogP contribution in [0.15, 0.2) is 28.8 Å². The lowest BCUT2D eigenvalue weighted by Gasteiger charge is -2.33. The van der Waals surface area contributed by atoms with Gasteiger partial charge >= 0.3 is 0 Å². The van der Waals surface area contributed by atoms with E-state index in [1.165, 1.54) is 17.5 Å². The van der Waals surface area contributed by atoms with Crippen LogP contribution in [0.25, 0.3) is 0 Å². The Hall–Kier alpha value is -1.68. The van der Waals surface area contributed by atoms with Crippen molar-refractivity contribution in [3.63, 3.8) is 0 Å². The minimum Gasteiger partial charge on any atom is -0.339 e. The lowest BCUT2D eigenvalue weighted by atomic mass is 9.78. The minimum atomic E-state index is 0.0246. The quantitative estimate of drug-likeness (QED) is 0.938. The van der Waals surface area contributed by atoms with E-state index >= 15 is 0 Å². The summed E-state index contributed by atoms with van der Waals surface area (Å²) in [7, 11) is 0. The van der Waals surface area contributed by atoms with Gasteiger partial charge in [0.2, 0.25) is 5.89 Å². The minimum absolute atomic E-state index is 0.0246. The smallest absolute Gasteiger partial charge is 0.234 e. The maximum atomic E-state index is 5.59.